The van der Waals surface area contributed by atoms with E-state index in [4.69, 9.17) is 0 Å². The first-order valence-corrected chi connectivity index (χ1v) is 6.61. The van der Waals surface area contributed by atoms with Gasteiger partial charge in [-0.2, -0.15) is 0 Å². The SMILES string of the molecule is CC(O)CC(C)(C)CNC(=O)NC1CCCC1. The maximum Gasteiger partial charge on any atom is 0.315 e. The van der Waals surface area contributed by atoms with Crippen molar-refractivity contribution in [1.82, 2.24) is 10.6 Å². The molecule has 1 atom stereocenters. The van der Waals surface area contributed by atoms with Crippen molar-refractivity contribution in [1.29, 1.82) is 0 Å². The van der Waals surface area contributed by atoms with Gasteiger partial charge in [0.25, 0.3) is 0 Å². The van der Waals surface area contributed by atoms with Gasteiger partial charge in [0.05, 0.1) is 6.10 Å². The van der Waals surface area contributed by atoms with Gasteiger partial charge in [-0.3, -0.25) is 0 Å². The first-order chi connectivity index (χ1) is 7.89. The van der Waals surface area contributed by atoms with Crippen LogP contribution in [0.15, 0.2) is 0 Å². The van der Waals surface area contributed by atoms with Gasteiger partial charge in [0, 0.05) is 12.6 Å². The largest absolute Gasteiger partial charge is 0.393 e. The lowest BCUT2D eigenvalue weighted by Gasteiger charge is -2.26. The molecule has 0 aromatic heterocycles. The molecule has 3 N–H and O–H groups in total. The summed E-state index contributed by atoms with van der Waals surface area (Å²) in [6.45, 7) is 6.47. The van der Waals surface area contributed by atoms with Crippen LogP contribution in [0.2, 0.25) is 0 Å². The molecule has 0 radical (unpaired) electrons. The van der Waals surface area contributed by atoms with E-state index < -0.39 is 0 Å². The summed E-state index contributed by atoms with van der Waals surface area (Å²) in [6.07, 6.45) is 5.01. The monoisotopic (exact) mass is 242 g/mol. The van der Waals surface area contributed by atoms with Crippen LogP contribution in [0.4, 0.5) is 4.79 Å². The minimum atomic E-state index is -0.329. The number of carbonyl (C=O) groups is 1. The lowest BCUT2D eigenvalue weighted by atomic mass is 9.87. The van der Waals surface area contributed by atoms with Gasteiger partial charge in [-0.25, -0.2) is 4.79 Å². The molecule has 1 fully saturated rings. The van der Waals surface area contributed by atoms with Gasteiger partial charge in [0.15, 0.2) is 0 Å². The minimum Gasteiger partial charge on any atom is -0.393 e. The van der Waals surface area contributed by atoms with Crippen LogP contribution in [-0.4, -0.2) is 29.8 Å². The second kappa shape index (κ2) is 6.24. The summed E-state index contributed by atoms with van der Waals surface area (Å²) in [6, 6.07) is 0.283. The van der Waals surface area contributed by atoms with E-state index in [1.54, 1.807) is 6.92 Å². The summed E-state index contributed by atoms with van der Waals surface area (Å²) in [7, 11) is 0. The zero-order valence-corrected chi connectivity index (χ0v) is 11.3. The molecule has 100 valence electrons. The van der Waals surface area contributed by atoms with Crippen LogP contribution in [-0.2, 0) is 0 Å². The highest BCUT2D eigenvalue weighted by molar-refractivity contribution is 5.74. The van der Waals surface area contributed by atoms with Gasteiger partial charge in [-0.1, -0.05) is 26.7 Å². The number of amides is 2. The van der Waals surface area contributed by atoms with Gasteiger partial charge in [-0.05, 0) is 31.6 Å². The molecule has 1 unspecified atom stereocenters. The predicted molar refractivity (Wildman–Crippen MR) is 68.9 cm³/mol. The average molecular weight is 242 g/mol. The van der Waals surface area contributed by atoms with Crippen molar-refractivity contribution >= 4 is 6.03 Å². The molecule has 1 saturated carbocycles. The number of urea groups is 1. The highest BCUT2D eigenvalue weighted by atomic mass is 16.3. The molecule has 1 aliphatic carbocycles. The molecule has 4 heteroatoms. The van der Waals surface area contributed by atoms with Gasteiger partial charge in [-0.15, -0.1) is 0 Å². The third kappa shape index (κ3) is 5.91. The van der Waals surface area contributed by atoms with Crippen LogP contribution in [0.5, 0.6) is 0 Å². The number of hydrogen-bond acceptors (Lipinski definition) is 2. The van der Waals surface area contributed by atoms with E-state index in [1.165, 1.54) is 12.8 Å². The molecule has 0 aliphatic heterocycles. The third-order valence-corrected chi connectivity index (χ3v) is 3.27. The van der Waals surface area contributed by atoms with Crippen molar-refractivity contribution in [3.63, 3.8) is 0 Å². The lowest BCUT2D eigenvalue weighted by Crippen LogP contribution is -2.44. The fraction of sp³-hybridized carbons (Fsp3) is 0.923. The highest BCUT2D eigenvalue weighted by Crippen LogP contribution is 2.21. The fourth-order valence-electron chi connectivity index (χ4n) is 2.50. The van der Waals surface area contributed by atoms with Crippen molar-refractivity contribution in [2.75, 3.05) is 6.54 Å². The van der Waals surface area contributed by atoms with Crippen molar-refractivity contribution in [3.05, 3.63) is 0 Å². The molecule has 0 aromatic rings. The van der Waals surface area contributed by atoms with E-state index in [2.05, 4.69) is 24.5 Å². The molecular formula is C13H26N2O2. The summed E-state index contributed by atoms with van der Waals surface area (Å²) in [4.78, 5) is 11.6. The molecule has 0 heterocycles. The average Bonchev–Trinajstić information content (AvgIpc) is 2.65. The van der Waals surface area contributed by atoms with E-state index in [0.29, 0.717) is 19.0 Å². The number of hydrogen-bond donors (Lipinski definition) is 3. The van der Waals surface area contributed by atoms with E-state index in [1.807, 2.05) is 0 Å². The Balaban J connectivity index is 2.22. The van der Waals surface area contributed by atoms with E-state index in [-0.39, 0.29) is 17.6 Å². The zero-order valence-electron chi connectivity index (χ0n) is 11.3. The van der Waals surface area contributed by atoms with Crippen molar-refractivity contribution in [2.24, 2.45) is 5.41 Å². The van der Waals surface area contributed by atoms with Crippen LogP contribution in [0.25, 0.3) is 0 Å². The van der Waals surface area contributed by atoms with Gasteiger partial charge < -0.3 is 15.7 Å². The molecule has 0 aromatic carbocycles. The molecule has 2 amide bonds. The topological polar surface area (TPSA) is 61.4 Å². The van der Waals surface area contributed by atoms with Gasteiger partial charge >= 0.3 is 6.03 Å². The van der Waals surface area contributed by atoms with E-state index >= 15 is 0 Å². The second-order valence-electron chi connectivity index (χ2n) is 6.03. The summed E-state index contributed by atoms with van der Waals surface area (Å²) < 4.78 is 0. The first-order valence-electron chi connectivity index (χ1n) is 6.61. The summed E-state index contributed by atoms with van der Waals surface area (Å²) in [5.74, 6) is 0. The zero-order chi connectivity index (χ0) is 12.9. The molecule has 0 bridgehead atoms. The fourth-order valence-corrected chi connectivity index (χ4v) is 2.50. The Morgan fingerprint density at radius 1 is 1.41 bits per heavy atom. The summed E-state index contributed by atoms with van der Waals surface area (Å²) >= 11 is 0. The number of aliphatic hydroxyl groups excluding tert-OH is 1. The first kappa shape index (κ1) is 14.3. The Bertz CT molecular complexity index is 246. The standard InChI is InChI=1S/C13H26N2O2/c1-10(16)8-13(2,3)9-14-12(17)15-11-6-4-5-7-11/h10-11,16H,4-9H2,1-3H3,(H2,14,15,17). The molecule has 1 aliphatic rings. The Kier molecular flexibility index (Phi) is 5.25. The Labute approximate surface area is 104 Å². The van der Waals surface area contributed by atoms with Gasteiger partial charge in [0.2, 0.25) is 0 Å². The third-order valence-electron chi connectivity index (χ3n) is 3.27. The predicted octanol–water partition coefficient (Wildman–Crippen LogP) is 2.03. The maximum atomic E-state index is 11.6. The lowest BCUT2D eigenvalue weighted by molar-refractivity contribution is 0.128. The number of nitrogens with one attached hydrogen (secondary N) is 2. The number of aliphatic hydroxyl groups is 1. The van der Waals surface area contributed by atoms with Crippen LogP contribution in [0, 0.1) is 5.41 Å². The molecule has 4 nitrogen and oxygen atoms in total. The van der Waals surface area contributed by atoms with Crippen LogP contribution in [0.3, 0.4) is 0 Å². The molecule has 17 heavy (non-hydrogen) atoms. The van der Waals surface area contributed by atoms with Crippen LogP contribution in [0.1, 0.15) is 52.9 Å². The summed E-state index contributed by atoms with van der Waals surface area (Å²) in [5, 5.41) is 15.2. The Morgan fingerprint density at radius 2 is 2.00 bits per heavy atom. The molecule has 0 spiro atoms. The maximum absolute atomic E-state index is 11.6. The highest BCUT2D eigenvalue weighted by Gasteiger charge is 2.22. The van der Waals surface area contributed by atoms with Crippen molar-refractivity contribution in [2.45, 2.75) is 65.0 Å². The molecular weight excluding hydrogens is 216 g/mol. The van der Waals surface area contributed by atoms with Crippen LogP contribution >= 0.6 is 0 Å². The molecule has 1 rings (SSSR count). The Hall–Kier alpha value is -0.770. The molecule has 0 saturated heterocycles. The number of carbonyl (C=O) groups excluding carboxylic acids is 1. The quantitative estimate of drug-likeness (QED) is 0.690. The van der Waals surface area contributed by atoms with Crippen molar-refractivity contribution < 1.29 is 9.90 Å². The minimum absolute atomic E-state index is 0.0683. The Morgan fingerprint density at radius 3 is 2.53 bits per heavy atom. The van der Waals surface area contributed by atoms with E-state index in [9.17, 15) is 9.90 Å². The van der Waals surface area contributed by atoms with E-state index in [0.717, 1.165) is 12.8 Å². The second-order valence-corrected chi connectivity index (χ2v) is 6.03. The summed E-state index contributed by atoms with van der Waals surface area (Å²) in [5.41, 5.74) is -0.0683. The normalized spacial score (nSPS) is 19.1. The smallest absolute Gasteiger partial charge is 0.315 e. The number of rotatable bonds is 5. The van der Waals surface area contributed by atoms with Gasteiger partial charge in [0.1, 0.15) is 0 Å². The van der Waals surface area contributed by atoms with Crippen molar-refractivity contribution in [3.8, 4) is 0 Å². The van der Waals surface area contributed by atoms with Crippen LogP contribution < -0.4 is 10.6 Å².